The van der Waals surface area contributed by atoms with Gasteiger partial charge in [0.2, 0.25) is 5.91 Å². The van der Waals surface area contributed by atoms with Crippen LogP contribution < -0.4 is 0 Å². The summed E-state index contributed by atoms with van der Waals surface area (Å²) in [7, 11) is 0. The van der Waals surface area contributed by atoms with E-state index in [1.807, 2.05) is 4.90 Å². The summed E-state index contributed by atoms with van der Waals surface area (Å²) in [6, 6.07) is 0. The van der Waals surface area contributed by atoms with Crippen LogP contribution in [0.2, 0.25) is 0 Å². The van der Waals surface area contributed by atoms with Crippen LogP contribution >= 0.6 is 15.9 Å². The minimum absolute atomic E-state index is 0.190. The zero-order chi connectivity index (χ0) is 9.97. The molecule has 0 aliphatic carbocycles. The summed E-state index contributed by atoms with van der Waals surface area (Å²) in [4.78, 5) is 21.4. The molecule has 1 saturated heterocycles. The van der Waals surface area contributed by atoms with Gasteiger partial charge in [0.05, 0.1) is 0 Å². The van der Waals surface area contributed by atoms with Crippen LogP contribution in [0.5, 0.6) is 0 Å². The molecule has 1 amide bonds. The summed E-state index contributed by atoms with van der Waals surface area (Å²) < 4.78 is 0. The Bertz CT molecular complexity index is 330. The van der Waals surface area contributed by atoms with E-state index in [9.17, 15) is 4.79 Å². The van der Waals surface area contributed by atoms with E-state index in [-0.39, 0.29) is 5.91 Å². The summed E-state index contributed by atoms with van der Waals surface area (Å²) in [6.07, 6.45) is 5.56. The molecule has 2 heterocycles. The molecule has 1 fully saturated rings. The molecule has 5 heteroatoms. The van der Waals surface area contributed by atoms with Crippen LogP contribution in [0.1, 0.15) is 12.0 Å². The van der Waals surface area contributed by atoms with E-state index in [0.29, 0.717) is 17.8 Å². The molecule has 0 N–H and O–H groups in total. The van der Waals surface area contributed by atoms with Crippen molar-refractivity contribution in [2.45, 2.75) is 17.8 Å². The van der Waals surface area contributed by atoms with Gasteiger partial charge in [0.15, 0.2) is 0 Å². The van der Waals surface area contributed by atoms with Gasteiger partial charge in [-0.05, 0) is 0 Å². The van der Waals surface area contributed by atoms with E-state index < -0.39 is 0 Å². The predicted molar refractivity (Wildman–Crippen MR) is 54.8 cm³/mol. The van der Waals surface area contributed by atoms with Crippen molar-refractivity contribution in [2.75, 3.05) is 6.54 Å². The first-order valence-electron chi connectivity index (χ1n) is 4.41. The Labute approximate surface area is 90.5 Å². The maximum atomic E-state index is 11.4. The predicted octanol–water partition coefficient (Wildman–Crippen LogP) is 0.972. The van der Waals surface area contributed by atoms with E-state index in [1.54, 1.807) is 12.4 Å². The van der Waals surface area contributed by atoms with E-state index in [2.05, 4.69) is 25.9 Å². The lowest BCUT2D eigenvalue weighted by Gasteiger charge is -2.14. The van der Waals surface area contributed by atoms with Gasteiger partial charge in [0, 0.05) is 42.3 Å². The molecule has 2 rings (SSSR count). The third kappa shape index (κ3) is 2.09. The first kappa shape index (κ1) is 9.58. The minimum Gasteiger partial charge on any atom is -0.337 e. The van der Waals surface area contributed by atoms with Gasteiger partial charge in [-0.1, -0.05) is 15.9 Å². The molecule has 0 radical (unpaired) electrons. The minimum atomic E-state index is 0.190. The zero-order valence-corrected chi connectivity index (χ0v) is 9.14. The van der Waals surface area contributed by atoms with Crippen molar-refractivity contribution in [3.8, 4) is 0 Å². The monoisotopic (exact) mass is 255 g/mol. The zero-order valence-electron chi connectivity index (χ0n) is 7.56. The van der Waals surface area contributed by atoms with Gasteiger partial charge < -0.3 is 4.90 Å². The largest absolute Gasteiger partial charge is 0.337 e. The van der Waals surface area contributed by atoms with Gasteiger partial charge in [0.1, 0.15) is 6.33 Å². The Balaban J connectivity index is 2.02. The fourth-order valence-corrected chi connectivity index (χ4v) is 2.14. The molecule has 1 atom stereocenters. The number of hydrogen-bond donors (Lipinski definition) is 0. The Kier molecular flexibility index (Phi) is 2.77. The average molecular weight is 256 g/mol. The molecule has 1 aromatic heterocycles. The Morgan fingerprint density at radius 2 is 2.21 bits per heavy atom. The molecule has 1 unspecified atom stereocenters. The number of amides is 1. The first-order chi connectivity index (χ1) is 6.75. The van der Waals surface area contributed by atoms with Gasteiger partial charge in [0.25, 0.3) is 0 Å². The molecular formula is C9H10BrN3O. The van der Waals surface area contributed by atoms with Crippen LogP contribution in [0, 0.1) is 0 Å². The van der Waals surface area contributed by atoms with Gasteiger partial charge in [-0.15, -0.1) is 0 Å². The number of aromatic nitrogens is 2. The van der Waals surface area contributed by atoms with Gasteiger partial charge in [-0.3, -0.25) is 4.79 Å². The molecule has 0 saturated carbocycles. The number of hydrogen-bond acceptors (Lipinski definition) is 3. The highest BCUT2D eigenvalue weighted by Gasteiger charge is 2.27. The second-order valence-corrected chi connectivity index (χ2v) is 4.62. The quantitative estimate of drug-likeness (QED) is 0.741. The van der Waals surface area contributed by atoms with Crippen molar-refractivity contribution in [3.63, 3.8) is 0 Å². The Morgan fingerprint density at radius 3 is 2.79 bits per heavy atom. The van der Waals surface area contributed by atoms with Crippen LogP contribution in [-0.4, -0.2) is 32.1 Å². The van der Waals surface area contributed by atoms with E-state index >= 15 is 0 Å². The lowest BCUT2D eigenvalue weighted by Crippen LogP contribution is -2.24. The van der Waals surface area contributed by atoms with E-state index in [0.717, 1.165) is 12.1 Å². The summed E-state index contributed by atoms with van der Waals surface area (Å²) in [6.45, 7) is 1.38. The number of alkyl halides is 1. The summed E-state index contributed by atoms with van der Waals surface area (Å²) >= 11 is 3.44. The number of halogens is 1. The molecule has 1 aromatic rings. The lowest BCUT2D eigenvalue weighted by atomic mass is 10.3. The maximum Gasteiger partial charge on any atom is 0.224 e. The molecule has 0 bridgehead atoms. The highest BCUT2D eigenvalue weighted by atomic mass is 79.9. The molecule has 1 aliphatic rings. The van der Waals surface area contributed by atoms with Crippen LogP contribution in [0.25, 0.3) is 0 Å². The van der Waals surface area contributed by atoms with Gasteiger partial charge in [-0.2, -0.15) is 0 Å². The lowest BCUT2D eigenvalue weighted by molar-refractivity contribution is -0.128. The molecule has 74 valence electrons. The van der Waals surface area contributed by atoms with Crippen LogP contribution in [0.15, 0.2) is 18.7 Å². The summed E-state index contributed by atoms with van der Waals surface area (Å²) in [5.41, 5.74) is 0.974. The molecule has 1 aliphatic heterocycles. The second-order valence-electron chi connectivity index (χ2n) is 3.32. The van der Waals surface area contributed by atoms with Crippen molar-refractivity contribution in [1.29, 1.82) is 0 Å². The van der Waals surface area contributed by atoms with Crippen LogP contribution in [0.3, 0.4) is 0 Å². The molecule has 0 aromatic carbocycles. The Morgan fingerprint density at radius 1 is 1.50 bits per heavy atom. The van der Waals surface area contributed by atoms with Crippen molar-refractivity contribution < 1.29 is 4.79 Å². The third-order valence-electron chi connectivity index (χ3n) is 2.15. The summed E-state index contributed by atoms with van der Waals surface area (Å²) in [5, 5.41) is 0. The standard InChI is InChI=1S/C9H10BrN3O/c10-8-1-9(14)13(5-8)4-7-2-11-6-12-3-7/h2-3,6,8H,1,4-5H2. The first-order valence-corrected chi connectivity index (χ1v) is 5.33. The molecule has 14 heavy (non-hydrogen) atoms. The smallest absolute Gasteiger partial charge is 0.224 e. The van der Waals surface area contributed by atoms with Crippen molar-refractivity contribution in [3.05, 3.63) is 24.3 Å². The SMILES string of the molecule is O=C1CC(Br)CN1Cc1cncnc1. The fraction of sp³-hybridized carbons (Fsp3) is 0.444. The van der Waals surface area contributed by atoms with E-state index in [4.69, 9.17) is 0 Å². The van der Waals surface area contributed by atoms with Crippen molar-refractivity contribution in [1.82, 2.24) is 14.9 Å². The highest BCUT2D eigenvalue weighted by molar-refractivity contribution is 9.09. The van der Waals surface area contributed by atoms with Crippen LogP contribution in [0.4, 0.5) is 0 Å². The van der Waals surface area contributed by atoms with Gasteiger partial charge in [-0.25, -0.2) is 9.97 Å². The average Bonchev–Trinajstić information content (AvgIpc) is 2.47. The number of carbonyl (C=O) groups is 1. The molecule has 0 spiro atoms. The van der Waals surface area contributed by atoms with Gasteiger partial charge >= 0.3 is 0 Å². The molecule has 4 nitrogen and oxygen atoms in total. The number of nitrogens with zero attached hydrogens (tertiary/aromatic N) is 3. The number of carbonyl (C=O) groups excluding carboxylic acids is 1. The summed E-state index contributed by atoms with van der Waals surface area (Å²) in [5.74, 6) is 0.190. The van der Waals surface area contributed by atoms with Crippen LogP contribution in [-0.2, 0) is 11.3 Å². The number of rotatable bonds is 2. The van der Waals surface area contributed by atoms with Crippen molar-refractivity contribution >= 4 is 21.8 Å². The van der Waals surface area contributed by atoms with E-state index in [1.165, 1.54) is 6.33 Å². The van der Waals surface area contributed by atoms with Crippen molar-refractivity contribution in [2.24, 2.45) is 0 Å². The second kappa shape index (κ2) is 4.04. The topological polar surface area (TPSA) is 46.1 Å². The normalized spacial score (nSPS) is 21.6. The maximum absolute atomic E-state index is 11.4. The fourth-order valence-electron chi connectivity index (χ4n) is 1.51. The molecular weight excluding hydrogens is 246 g/mol. The number of likely N-dealkylation sites (tertiary alicyclic amines) is 1. The Hall–Kier alpha value is -0.970. The highest BCUT2D eigenvalue weighted by Crippen LogP contribution is 2.19. The third-order valence-corrected chi connectivity index (χ3v) is 2.77.